The Kier molecular flexibility index (Phi) is 4.52. The number of hydrogen-bond donors (Lipinski definition) is 1. The van der Waals surface area contributed by atoms with Crippen molar-refractivity contribution >= 4 is 28.3 Å². The molecule has 0 bridgehead atoms. The monoisotopic (exact) mass is 369 g/mol. The van der Waals surface area contributed by atoms with Crippen molar-refractivity contribution in [3.63, 3.8) is 0 Å². The lowest BCUT2D eigenvalue weighted by Crippen LogP contribution is -2.07. The summed E-state index contributed by atoms with van der Waals surface area (Å²) in [6.07, 6.45) is 0.0782. The Labute approximate surface area is 126 Å². The molecular weight excluding hydrogens is 353 g/mol. The SMILES string of the molecule is CC(C)Oc1cccc(Oc2ccccc2I)c1N. The van der Waals surface area contributed by atoms with Gasteiger partial charge < -0.3 is 15.2 Å². The zero-order valence-electron chi connectivity index (χ0n) is 10.9. The summed E-state index contributed by atoms with van der Waals surface area (Å²) in [7, 11) is 0. The quantitative estimate of drug-likeness (QED) is 0.640. The molecule has 3 nitrogen and oxygen atoms in total. The standard InChI is InChI=1S/C15H16INO2/c1-10(2)18-13-8-5-9-14(15(13)17)19-12-7-4-3-6-11(12)16/h3-10H,17H2,1-2H3. The number of para-hydroxylation sites is 2. The molecule has 2 aromatic rings. The van der Waals surface area contributed by atoms with Crippen LogP contribution in [0.25, 0.3) is 0 Å². The number of halogens is 1. The molecule has 0 saturated heterocycles. The van der Waals surface area contributed by atoms with Crippen molar-refractivity contribution in [2.24, 2.45) is 0 Å². The maximum absolute atomic E-state index is 6.08. The lowest BCUT2D eigenvalue weighted by molar-refractivity contribution is 0.243. The third-order valence-electron chi connectivity index (χ3n) is 2.45. The van der Waals surface area contributed by atoms with Crippen LogP contribution >= 0.6 is 22.6 Å². The van der Waals surface area contributed by atoms with Crippen molar-refractivity contribution in [1.29, 1.82) is 0 Å². The van der Waals surface area contributed by atoms with Crippen molar-refractivity contribution in [1.82, 2.24) is 0 Å². The Balaban J connectivity index is 2.28. The molecule has 0 aliphatic heterocycles. The second-order valence-electron chi connectivity index (χ2n) is 4.37. The molecule has 2 N–H and O–H groups in total. The Hall–Kier alpha value is -1.43. The van der Waals surface area contributed by atoms with Gasteiger partial charge in [0.1, 0.15) is 17.2 Å². The fourth-order valence-electron chi connectivity index (χ4n) is 1.62. The van der Waals surface area contributed by atoms with Crippen LogP contribution in [0.4, 0.5) is 5.69 Å². The van der Waals surface area contributed by atoms with Crippen molar-refractivity contribution in [2.75, 3.05) is 5.73 Å². The average molecular weight is 369 g/mol. The molecule has 0 aromatic heterocycles. The van der Waals surface area contributed by atoms with Gasteiger partial charge in [-0.05, 0) is 60.7 Å². The number of nitrogen functional groups attached to an aromatic ring is 1. The zero-order valence-corrected chi connectivity index (χ0v) is 13.0. The van der Waals surface area contributed by atoms with Crippen molar-refractivity contribution in [3.8, 4) is 17.2 Å². The van der Waals surface area contributed by atoms with E-state index in [1.54, 1.807) is 0 Å². The normalized spacial score (nSPS) is 10.5. The first-order chi connectivity index (χ1) is 9.08. The highest BCUT2D eigenvalue weighted by Crippen LogP contribution is 2.36. The van der Waals surface area contributed by atoms with E-state index >= 15 is 0 Å². The summed E-state index contributed by atoms with van der Waals surface area (Å²) in [4.78, 5) is 0. The number of ether oxygens (including phenoxy) is 2. The van der Waals surface area contributed by atoms with E-state index in [9.17, 15) is 0 Å². The molecule has 19 heavy (non-hydrogen) atoms. The molecule has 0 amide bonds. The third-order valence-corrected chi connectivity index (χ3v) is 3.34. The summed E-state index contributed by atoms with van der Waals surface area (Å²) >= 11 is 2.23. The summed E-state index contributed by atoms with van der Waals surface area (Å²) in [5, 5.41) is 0. The summed E-state index contributed by atoms with van der Waals surface area (Å²) in [5.74, 6) is 2.05. The number of rotatable bonds is 4. The smallest absolute Gasteiger partial charge is 0.154 e. The second-order valence-corrected chi connectivity index (χ2v) is 5.53. The minimum absolute atomic E-state index is 0.0782. The van der Waals surface area contributed by atoms with Gasteiger partial charge in [-0.3, -0.25) is 0 Å². The third kappa shape index (κ3) is 3.53. The van der Waals surface area contributed by atoms with Gasteiger partial charge in [-0.25, -0.2) is 0 Å². The first kappa shape index (κ1) is 14.0. The van der Waals surface area contributed by atoms with Gasteiger partial charge in [0.2, 0.25) is 0 Å². The molecule has 2 rings (SSSR count). The van der Waals surface area contributed by atoms with Crippen LogP contribution in [-0.2, 0) is 0 Å². The zero-order chi connectivity index (χ0) is 13.8. The van der Waals surface area contributed by atoms with Crippen LogP contribution in [0.1, 0.15) is 13.8 Å². The van der Waals surface area contributed by atoms with Gasteiger partial charge in [0.05, 0.1) is 9.67 Å². The fourth-order valence-corrected chi connectivity index (χ4v) is 2.11. The fraction of sp³-hybridized carbons (Fsp3) is 0.200. The Morgan fingerprint density at radius 3 is 2.26 bits per heavy atom. The summed E-state index contributed by atoms with van der Waals surface area (Å²) in [5.41, 5.74) is 6.60. The molecule has 0 aliphatic carbocycles. The average Bonchev–Trinajstić information content (AvgIpc) is 2.36. The van der Waals surface area contributed by atoms with Crippen LogP contribution in [0.5, 0.6) is 17.2 Å². The topological polar surface area (TPSA) is 44.5 Å². The van der Waals surface area contributed by atoms with Crippen LogP contribution in [0.3, 0.4) is 0 Å². The molecule has 0 atom stereocenters. The van der Waals surface area contributed by atoms with Crippen LogP contribution in [0, 0.1) is 3.57 Å². The maximum atomic E-state index is 6.08. The highest BCUT2D eigenvalue weighted by atomic mass is 127. The Morgan fingerprint density at radius 1 is 0.947 bits per heavy atom. The van der Waals surface area contributed by atoms with Crippen molar-refractivity contribution in [3.05, 3.63) is 46.0 Å². The molecule has 0 saturated carbocycles. The van der Waals surface area contributed by atoms with Gasteiger partial charge in [-0.2, -0.15) is 0 Å². The van der Waals surface area contributed by atoms with E-state index in [4.69, 9.17) is 15.2 Å². The molecule has 0 radical (unpaired) electrons. The molecule has 0 fully saturated rings. The molecule has 0 aliphatic rings. The van der Waals surface area contributed by atoms with Crippen LogP contribution in [0.2, 0.25) is 0 Å². The predicted molar refractivity (Wildman–Crippen MR) is 85.9 cm³/mol. The van der Waals surface area contributed by atoms with Gasteiger partial charge in [0.15, 0.2) is 5.75 Å². The van der Waals surface area contributed by atoms with E-state index in [2.05, 4.69) is 22.6 Å². The van der Waals surface area contributed by atoms with Gasteiger partial charge in [0.25, 0.3) is 0 Å². The lowest BCUT2D eigenvalue weighted by Gasteiger charge is -2.15. The number of anilines is 1. The Bertz CT molecular complexity index is 570. The maximum Gasteiger partial charge on any atom is 0.154 e. The lowest BCUT2D eigenvalue weighted by atomic mass is 10.2. The van der Waals surface area contributed by atoms with E-state index in [0.29, 0.717) is 17.2 Å². The van der Waals surface area contributed by atoms with E-state index in [0.717, 1.165) is 9.32 Å². The molecule has 2 aromatic carbocycles. The molecule has 0 heterocycles. The minimum atomic E-state index is 0.0782. The molecule has 0 unspecified atom stereocenters. The number of benzene rings is 2. The van der Waals surface area contributed by atoms with E-state index in [1.807, 2.05) is 56.3 Å². The second kappa shape index (κ2) is 6.14. The van der Waals surface area contributed by atoms with E-state index in [1.165, 1.54) is 0 Å². The van der Waals surface area contributed by atoms with Gasteiger partial charge in [-0.1, -0.05) is 18.2 Å². The highest BCUT2D eigenvalue weighted by Gasteiger charge is 2.10. The molecule has 100 valence electrons. The summed E-state index contributed by atoms with van der Waals surface area (Å²) < 4.78 is 12.5. The van der Waals surface area contributed by atoms with Crippen LogP contribution in [0.15, 0.2) is 42.5 Å². The van der Waals surface area contributed by atoms with Gasteiger partial charge in [0, 0.05) is 0 Å². The van der Waals surface area contributed by atoms with E-state index < -0.39 is 0 Å². The van der Waals surface area contributed by atoms with Gasteiger partial charge >= 0.3 is 0 Å². The highest BCUT2D eigenvalue weighted by molar-refractivity contribution is 14.1. The predicted octanol–water partition coefficient (Wildman–Crippen LogP) is 4.45. The molecule has 0 spiro atoms. The van der Waals surface area contributed by atoms with Crippen molar-refractivity contribution in [2.45, 2.75) is 20.0 Å². The van der Waals surface area contributed by atoms with Gasteiger partial charge in [-0.15, -0.1) is 0 Å². The van der Waals surface area contributed by atoms with Crippen LogP contribution in [-0.4, -0.2) is 6.10 Å². The molecular formula is C15H16INO2. The molecule has 4 heteroatoms. The first-order valence-electron chi connectivity index (χ1n) is 6.05. The summed E-state index contributed by atoms with van der Waals surface area (Å²) in [6.45, 7) is 3.93. The number of hydrogen-bond acceptors (Lipinski definition) is 3. The van der Waals surface area contributed by atoms with Crippen molar-refractivity contribution < 1.29 is 9.47 Å². The number of nitrogens with two attached hydrogens (primary N) is 1. The largest absolute Gasteiger partial charge is 0.489 e. The van der Waals surface area contributed by atoms with E-state index in [-0.39, 0.29) is 6.10 Å². The Morgan fingerprint density at radius 2 is 1.58 bits per heavy atom. The minimum Gasteiger partial charge on any atom is -0.489 e. The van der Waals surface area contributed by atoms with Crippen LogP contribution < -0.4 is 15.2 Å². The summed E-state index contributed by atoms with van der Waals surface area (Å²) in [6, 6.07) is 13.4. The first-order valence-corrected chi connectivity index (χ1v) is 7.13.